The van der Waals surface area contributed by atoms with E-state index in [1.165, 1.54) is 19.3 Å². The molecule has 2 N–H and O–H groups in total. The van der Waals surface area contributed by atoms with Crippen LogP contribution in [0.1, 0.15) is 43.2 Å². The molecule has 0 bridgehead atoms. The normalized spacial score (nSPS) is 18.0. The molecule has 1 aromatic heterocycles. The van der Waals surface area contributed by atoms with Gasteiger partial charge in [-0.3, -0.25) is 19.6 Å². The largest absolute Gasteiger partial charge is 0.496 e. The molecule has 3 heterocycles. The predicted octanol–water partition coefficient (Wildman–Crippen LogP) is 7.37. The lowest BCUT2D eigenvalue weighted by atomic mass is 9.76. The van der Waals surface area contributed by atoms with Gasteiger partial charge in [-0.2, -0.15) is 26.3 Å². The summed E-state index contributed by atoms with van der Waals surface area (Å²) in [5, 5.41) is 14.4. The Balaban J connectivity index is 1.30. The molecule has 0 radical (unpaired) electrons. The quantitative estimate of drug-likeness (QED) is 0.165. The lowest BCUT2D eigenvalue weighted by molar-refractivity contribution is -0.236. The van der Waals surface area contributed by atoms with E-state index in [1.807, 2.05) is 30.5 Å². The number of nitrogens with zero attached hydrogens (tertiary/aromatic N) is 3. The summed E-state index contributed by atoms with van der Waals surface area (Å²) in [6, 6.07) is 14.8. The molecule has 6 rings (SSSR count). The van der Waals surface area contributed by atoms with E-state index >= 15 is 0 Å². The third-order valence-corrected chi connectivity index (χ3v) is 10.3. The third kappa shape index (κ3) is 7.82. The maximum Gasteiger partial charge on any atom is 0.403 e. The maximum absolute atomic E-state index is 14.4. The Hall–Kier alpha value is -4.43. The van der Waals surface area contributed by atoms with Crippen molar-refractivity contribution in [3.8, 4) is 16.9 Å². The number of carboxylic acids is 1. The molecule has 2 aliphatic rings. The van der Waals surface area contributed by atoms with Gasteiger partial charge < -0.3 is 15.2 Å². The highest BCUT2D eigenvalue weighted by atomic mass is 19.4. The van der Waals surface area contributed by atoms with Gasteiger partial charge in [0.15, 0.2) is 0 Å². The minimum atomic E-state index is -5.11. The third-order valence-electron chi connectivity index (χ3n) is 10.3. The van der Waals surface area contributed by atoms with Gasteiger partial charge in [0.05, 0.1) is 24.7 Å². The summed E-state index contributed by atoms with van der Waals surface area (Å²) in [4.78, 5) is 33.9. The zero-order valence-electron chi connectivity index (χ0n) is 28.6. The van der Waals surface area contributed by atoms with Crippen molar-refractivity contribution in [1.29, 1.82) is 0 Å². The molecular weight excluding hydrogens is 690 g/mol. The highest BCUT2D eigenvalue weighted by molar-refractivity contribution is 6.07. The number of halogens is 6. The van der Waals surface area contributed by atoms with Crippen molar-refractivity contribution in [2.75, 3.05) is 39.8 Å². The average Bonchev–Trinajstić information content (AvgIpc) is 3.10. The Morgan fingerprint density at radius 2 is 1.62 bits per heavy atom. The first-order chi connectivity index (χ1) is 24.7. The summed E-state index contributed by atoms with van der Waals surface area (Å²) in [7, 11) is 1.56. The molecule has 8 nitrogen and oxygen atoms in total. The van der Waals surface area contributed by atoms with Crippen LogP contribution in [0.15, 0.2) is 60.8 Å². The van der Waals surface area contributed by atoms with E-state index in [0.29, 0.717) is 27.6 Å². The predicted molar refractivity (Wildman–Crippen MR) is 184 cm³/mol. The van der Waals surface area contributed by atoms with E-state index in [-0.39, 0.29) is 6.42 Å². The number of likely N-dealkylation sites (tertiary alicyclic amines) is 2. The summed E-state index contributed by atoms with van der Waals surface area (Å²) in [6.07, 6.45) is -6.48. The van der Waals surface area contributed by atoms with E-state index in [9.17, 15) is 41.0 Å². The van der Waals surface area contributed by atoms with Gasteiger partial charge in [-0.25, -0.2) is 4.79 Å². The number of piperidine rings is 2. The SMILES string of the molecule is COc1ccc2cc(CN3CCCCC3)cnc2c1-c1cccc2c(C[C@H](NC(=O)C3(C(F)(F)F)CCN(CC(F)(F)F)CC3)C(=O)O)cccc12. The highest BCUT2D eigenvalue weighted by Crippen LogP contribution is 2.47. The van der Waals surface area contributed by atoms with E-state index in [2.05, 4.69) is 16.3 Å². The summed E-state index contributed by atoms with van der Waals surface area (Å²) in [5.41, 5.74) is 0.695. The molecule has 0 saturated carbocycles. The standard InChI is InChI=1S/C38H40F6N4O4/c1-52-31-12-11-26-19-24(22-47-15-3-2-4-16-47)21-45-33(26)32(31)29-10-6-8-27-25(7-5-9-28(27)29)20-30(34(49)50)46-35(51)36(38(42,43)44)13-17-48(18-14-36)23-37(39,40)41/h5-12,19,21,30H,2-4,13-18,20,22-23H2,1H3,(H,46,51)(H,49,50)/t30-/m0/s1. The number of hydrogen-bond acceptors (Lipinski definition) is 6. The van der Waals surface area contributed by atoms with E-state index in [1.54, 1.807) is 31.4 Å². The number of aliphatic carboxylic acids is 1. The lowest BCUT2D eigenvalue weighted by Crippen LogP contribution is -2.59. The van der Waals surface area contributed by atoms with Crippen molar-refractivity contribution < 1.29 is 45.8 Å². The number of fused-ring (bicyclic) bond motifs is 2. The Labute approximate surface area is 296 Å². The van der Waals surface area contributed by atoms with Gasteiger partial charge in [0.2, 0.25) is 5.91 Å². The molecule has 3 aromatic carbocycles. The minimum Gasteiger partial charge on any atom is -0.496 e. The number of carbonyl (C=O) groups excluding carboxylic acids is 1. The molecule has 52 heavy (non-hydrogen) atoms. The molecule has 1 atom stereocenters. The first kappa shape index (κ1) is 37.3. The zero-order valence-corrected chi connectivity index (χ0v) is 28.6. The number of aromatic nitrogens is 1. The van der Waals surface area contributed by atoms with Gasteiger partial charge in [-0.1, -0.05) is 42.8 Å². The number of amides is 1. The molecule has 0 aliphatic carbocycles. The number of rotatable bonds is 10. The van der Waals surface area contributed by atoms with Gasteiger partial charge >= 0.3 is 18.3 Å². The summed E-state index contributed by atoms with van der Waals surface area (Å²) >= 11 is 0. The van der Waals surface area contributed by atoms with Crippen LogP contribution in [0.5, 0.6) is 5.75 Å². The fourth-order valence-corrected chi connectivity index (χ4v) is 7.59. The number of nitrogens with one attached hydrogen (secondary N) is 1. The zero-order chi connectivity index (χ0) is 37.3. The second kappa shape index (κ2) is 14.9. The van der Waals surface area contributed by atoms with Crippen LogP contribution >= 0.6 is 0 Å². The van der Waals surface area contributed by atoms with Crippen LogP contribution in [0.4, 0.5) is 26.3 Å². The number of ether oxygens (including phenoxy) is 1. The van der Waals surface area contributed by atoms with Crippen LogP contribution < -0.4 is 10.1 Å². The summed E-state index contributed by atoms with van der Waals surface area (Å²) < 4.78 is 87.8. The number of hydrogen-bond donors (Lipinski definition) is 2. The smallest absolute Gasteiger partial charge is 0.403 e. The Morgan fingerprint density at radius 1 is 0.923 bits per heavy atom. The lowest BCUT2D eigenvalue weighted by Gasteiger charge is -2.42. The number of methoxy groups -OCH3 is 1. The van der Waals surface area contributed by atoms with Gasteiger partial charge in [-0.15, -0.1) is 0 Å². The first-order valence-electron chi connectivity index (χ1n) is 17.3. The van der Waals surface area contributed by atoms with Crippen molar-refractivity contribution >= 4 is 33.6 Å². The van der Waals surface area contributed by atoms with Crippen LogP contribution in [-0.2, 0) is 22.6 Å². The molecule has 2 aliphatic heterocycles. The molecule has 0 spiro atoms. The van der Waals surface area contributed by atoms with Crippen molar-refractivity contribution in [2.45, 2.75) is 63.5 Å². The number of carboxylic acid groups (broad SMARTS) is 1. The van der Waals surface area contributed by atoms with Gasteiger partial charge in [0.1, 0.15) is 17.2 Å². The van der Waals surface area contributed by atoms with Gasteiger partial charge in [0.25, 0.3) is 0 Å². The summed E-state index contributed by atoms with van der Waals surface area (Å²) in [5.74, 6) is -2.55. The molecule has 14 heteroatoms. The Morgan fingerprint density at radius 3 is 2.27 bits per heavy atom. The van der Waals surface area contributed by atoms with Crippen LogP contribution in [0.25, 0.3) is 32.8 Å². The highest BCUT2D eigenvalue weighted by Gasteiger charge is 2.61. The second-order valence-electron chi connectivity index (χ2n) is 13.8. The molecule has 0 unspecified atom stereocenters. The molecule has 4 aromatic rings. The monoisotopic (exact) mass is 730 g/mol. The van der Waals surface area contributed by atoms with Crippen LogP contribution in [0, 0.1) is 5.41 Å². The average molecular weight is 731 g/mol. The maximum atomic E-state index is 14.4. The van der Waals surface area contributed by atoms with Crippen LogP contribution in [0.3, 0.4) is 0 Å². The number of benzene rings is 3. The van der Waals surface area contributed by atoms with E-state index < -0.39 is 68.2 Å². The van der Waals surface area contributed by atoms with Crippen molar-refractivity contribution in [3.05, 3.63) is 71.9 Å². The minimum absolute atomic E-state index is 0.346. The Bertz CT molecular complexity index is 1940. The van der Waals surface area contributed by atoms with Crippen molar-refractivity contribution in [3.63, 3.8) is 0 Å². The van der Waals surface area contributed by atoms with Gasteiger partial charge in [-0.05, 0) is 97.5 Å². The van der Waals surface area contributed by atoms with Crippen molar-refractivity contribution in [1.82, 2.24) is 20.1 Å². The van der Waals surface area contributed by atoms with Crippen molar-refractivity contribution in [2.24, 2.45) is 5.41 Å². The van der Waals surface area contributed by atoms with Crippen LogP contribution in [-0.4, -0.2) is 90.0 Å². The molecule has 278 valence electrons. The fraction of sp³-hybridized carbons (Fsp3) is 0.447. The molecule has 2 saturated heterocycles. The first-order valence-corrected chi connectivity index (χ1v) is 17.3. The second-order valence-corrected chi connectivity index (χ2v) is 13.8. The fourth-order valence-electron chi connectivity index (χ4n) is 7.59. The number of carbonyl (C=O) groups is 2. The van der Waals surface area contributed by atoms with E-state index in [4.69, 9.17) is 9.72 Å². The number of alkyl halides is 6. The molecular formula is C38H40F6N4O4. The summed E-state index contributed by atoms with van der Waals surface area (Å²) in [6.45, 7) is 0.243. The van der Waals surface area contributed by atoms with E-state index in [0.717, 1.165) is 46.6 Å². The number of pyridine rings is 1. The van der Waals surface area contributed by atoms with Gasteiger partial charge in [0, 0.05) is 24.5 Å². The molecule has 1 amide bonds. The Kier molecular flexibility index (Phi) is 10.7. The van der Waals surface area contributed by atoms with Crippen LogP contribution in [0.2, 0.25) is 0 Å². The topological polar surface area (TPSA) is 95.0 Å². The molecule has 2 fully saturated rings.